The molecule has 2 aromatic carbocycles. The molecule has 0 aliphatic carbocycles. The Hall–Kier alpha value is -3.47. The van der Waals surface area contributed by atoms with Gasteiger partial charge in [0.1, 0.15) is 10.6 Å². The van der Waals surface area contributed by atoms with Crippen LogP contribution in [0.1, 0.15) is 17.4 Å². The van der Waals surface area contributed by atoms with Crippen LogP contribution in [0.25, 0.3) is 0 Å². The van der Waals surface area contributed by atoms with Crippen LogP contribution in [0.15, 0.2) is 77.8 Å². The van der Waals surface area contributed by atoms with Gasteiger partial charge in [-0.1, -0.05) is 42.5 Å². The van der Waals surface area contributed by atoms with Gasteiger partial charge in [0.2, 0.25) is 15.9 Å². The fourth-order valence-corrected chi connectivity index (χ4v) is 4.76. The largest absolute Gasteiger partial charge is 0.439 e. The normalized spacial score (nSPS) is 16.2. The number of fused-ring (bicyclic) bond motifs is 1. The predicted molar refractivity (Wildman–Crippen MR) is 109 cm³/mol. The Morgan fingerprint density at radius 2 is 1.81 bits per heavy atom. The topological polar surface area (TPSA) is 118 Å². The van der Waals surface area contributed by atoms with Gasteiger partial charge in [-0.3, -0.25) is 5.21 Å². The molecule has 0 bridgehead atoms. The summed E-state index contributed by atoms with van der Waals surface area (Å²) in [7, 11) is -4.07. The monoisotopic (exact) mass is 441 g/mol. The van der Waals surface area contributed by atoms with Gasteiger partial charge in [-0.2, -0.15) is 4.31 Å². The molecule has 0 saturated carbocycles. The molecule has 0 radical (unpaired) electrons. The molecule has 2 heterocycles. The minimum atomic E-state index is -4.07. The zero-order valence-electron chi connectivity index (χ0n) is 16.2. The lowest BCUT2D eigenvalue weighted by molar-refractivity contribution is 0.00235. The third-order valence-corrected chi connectivity index (χ3v) is 6.60. The van der Waals surface area contributed by atoms with Crippen LogP contribution < -0.4 is 10.2 Å². The second kappa shape index (κ2) is 8.72. The summed E-state index contributed by atoms with van der Waals surface area (Å²) >= 11 is 0. The lowest BCUT2D eigenvalue weighted by Gasteiger charge is -2.35. The molecular weight excluding hydrogens is 422 g/mol. The van der Waals surface area contributed by atoms with Crippen molar-refractivity contribution in [1.29, 1.82) is 0 Å². The number of amides is 1. The number of sulfonamides is 1. The number of nitrogens with zero attached hydrogens (tertiary/aromatic N) is 2. The number of nitrogens with one attached hydrogen (secondary N) is 1. The zero-order valence-corrected chi connectivity index (χ0v) is 17.0. The van der Waals surface area contributed by atoms with E-state index in [4.69, 9.17) is 14.7 Å². The van der Waals surface area contributed by atoms with Gasteiger partial charge in [-0.15, -0.1) is 0 Å². The third kappa shape index (κ3) is 4.36. The van der Waals surface area contributed by atoms with Crippen molar-refractivity contribution in [2.24, 2.45) is 0 Å². The maximum Gasteiger partial charge on any atom is 0.432 e. The van der Waals surface area contributed by atoms with Gasteiger partial charge >= 0.3 is 6.09 Å². The molecule has 160 valence electrons. The van der Waals surface area contributed by atoms with E-state index in [2.05, 4.69) is 4.98 Å². The van der Waals surface area contributed by atoms with Gasteiger partial charge in [0.25, 0.3) is 0 Å². The van der Waals surface area contributed by atoms with Gasteiger partial charge in [-0.25, -0.2) is 23.7 Å². The van der Waals surface area contributed by atoms with Crippen molar-refractivity contribution in [1.82, 2.24) is 14.8 Å². The first-order valence-electron chi connectivity index (χ1n) is 9.38. The molecule has 4 rings (SSSR count). The molecule has 0 saturated heterocycles. The number of benzene rings is 2. The molecule has 1 atom stereocenters. The Morgan fingerprint density at radius 3 is 2.52 bits per heavy atom. The number of aromatic nitrogens is 1. The maximum atomic E-state index is 13.3. The molecule has 9 nitrogen and oxygen atoms in total. The van der Waals surface area contributed by atoms with Crippen molar-refractivity contribution in [2.75, 3.05) is 6.54 Å². The fourth-order valence-electron chi connectivity index (χ4n) is 3.33. The number of carbonyl (C=O) groups is 1. The summed E-state index contributed by atoms with van der Waals surface area (Å²) in [6.45, 7) is 0.0883. The SMILES string of the molecule is O=C(NO)O[C@@H]1c2ccccc2CCN1S(=O)(=O)c1ccc(Oc2ccccc2)nc1. The first kappa shape index (κ1) is 20.8. The van der Waals surface area contributed by atoms with Crippen LogP contribution in [0.5, 0.6) is 11.6 Å². The number of hydrogen-bond donors (Lipinski definition) is 2. The molecule has 0 unspecified atom stereocenters. The Bertz CT molecular complexity index is 1170. The van der Waals surface area contributed by atoms with Crippen molar-refractivity contribution in [3.8, 4) is 11.6 Å². The van der Waals surface area contributed by atoms with Crippen LogP contribution in [-0.4, -0.2) is 35.6 Å². The summed E-state index contributed by atoms with van der Waals surface area (Å²) in [6.07, 6.45) is -0.760. The number of rotatable bonds is 5. The summed E-state index contributed by atoms with van der Waals surface area (Å²) in [5.74, 6) is 0.809. The number of pyridine rings is 1. The average molecular weight is 441 g/mol. The van der Waals surface area contributed by atoms with Crippen molar-refractivity contribution < 1.29 is 27.9 Å². The predicted octanol–water partition coefficient (Wildman–Crippen LogP) is 3.23. The lowest BCUT2D eigenvalue weighted by atomic mass is 10.00. The van der Waals surface area contributed by atoms with E-state index >= 15 is 0 Å². The van der Waals surface area contributed by atoms with Crippen molar-refractivity contribution in [3.05, 3.63) is 84.1 Å². The van der Waals surface area contributed by atoms with Crippen LogP contribution in [0.2, 0.25) is 0 Å². The zero-order chi connectivity index (χ0) is 21.8. The highest BCUT2D eigenvalue weighted by Crippen LogP contribution is 2.35. The summed E-state index contributed by atoms with van der Waals surface area (Å²) in [5, 5.41) is 8.85. The minimum Gasteiger partial charge on any atom is -0.439 e. The molecule has 0 fully saturated rings. The highest BCUT2D eigenvalue weighted by atomic mass is 32.2. The first-order chi connectivity index (χ1) is 15.0. The molecule has 10 heteroatoms. The second-order valence-corrected chi connectivity index (χ2v) is 8.57. The van der Waals surface area contributed by atoms with E-state index in [-0.39, 0.29) is 17.3 Å². The van der Waals surface area contributed by atoms with Crippen molar-refractivity contribution in [2.45, 2.75) is 17.5 Å². The standard InChI is InChI=1S/C21H19N3O6S/c25-21(23-26)30-20-18-9-5-4-6-15(18)12-13-24(20)31(27,28)17-10-11-19(22-14-17)29-16-7-2-1-3-8-16/h1-11,14,20,26H,12-13H2,(H,23,25)/t20-/m1/s1. The molecule has 1 aliphatic rings. The Balaban J connectivity index is 1.62. The lowest BCUT2D eigenvalue weighted by Crippen LogP contribution is -2.43. The second-order valence-electron chi connectivity index (χ2n) is 6.68. The first-order valence-corrected chi connectivity index (χ1v) is 10.8. The minimum absolute atomic E-state index is 0.0784. The smallest absolute Gasteiger partial charge is 0.432 e. The number of carbonyl (C=O) groups excluding carboxylic acids is 1. The molecule has 31 heavy (non-hydrogen) atoms. The van der Waals surface area contributed by atoms with Crippen LogP contribution >= 0.6 is 0 Å². The van der Waals surface area contributed by atoms with E-state index < -0.39 is 22.3 Å². The molecule has 1 amide bonds. The van der Waals surface area contributed by atoms with E-state index in [1.165, 1.54) is 23.8 Å². The van der Waals surface area contributed by atoms with Crippen LogP contribution in [0.4, 0.5) is 4.79 Å². The van der Waals surface area contributed by atoms with Crippen molar-refractivity contribution in [3.63, 3.8) is 0 Å². The van der Waals surface area contributed by atoms with Gasteiger partial charge in [0.15, 0.2) is 6.23 Å². The Kier molecular flexibility index (Phi) is 5.85. The van der Waals surface area contributed by atoms with E-state index in [0.717, 1.165) is 9.87 Å². The maximum absolute atomic E-state index is 13.3. The highest BCUT2D eigenvalue weighted by molar-refractivity contribution is 7.89. The van der Waals surface area contributed by atoms with E-state index in [1.807, 2.05) is 30.3 Å². The average Bonchev–Trinajstić information content (AvgIpc) is 2.80. The van der Waals surface area contributed by atoms with Gasteiger partial charge in [0, 0.05) is 18.2 Å². The molecule has 3 aromatic rings. The third-order valence-electron chi connectivity index (χ3n) is 4.78. The Morgan fingerprint density at radius 1 is 1.06 bits per heavy atom. The molecule has 0 spiro atoms. The number of para-hydroxylation sites is 1. The van der Waals surface area contributed by atoms with E-state index in [0.29, 0.717) is 17.7 Å². The molecular formula is C21H19N3O6S. The van der Waals surface area contributed by atoms with E-state index in [1.54, 1.807) is 24.3 Å². The highest BCUT2D eigenvalue weighted by Gasteiger charge is 2.39. The van der Waals surface area contributed by atoms with Crippen molar-refractivity contribution >= 4 is 16.1 Å². The fraction of sp³-hybridized carbons (Fsp3) is 0.143. The number of hydroxylamine groups is 1. The summed E-state index contributed by atoms with van der Waals surface area (Å²) in [5.41, 5.74) is 2.76. The Labute approximate surface area is 178 Å². The van der Waals surface area contributed by atoms with Crippen LogP contribution in [0.3, 0.4) is 0 Å². The molecule has 1 aliphatic heterocycles. The van der Waals surface area contributed by atoms with Gasteiger partial charge in [-0.05, 0) is 30.2 Å². The van der Waals surface area contributed by atoms with Crippen LogP contribution in [-0.2, 0) is 21.2 Å². The quantitative estimate of drug-likeness (QED) is 0.461. The summed E-state index contributed by atoms with van der Waals surface area (Å²) < 4.78 is 38.5. The van der Waals surface area contributed by atoms with Gasteiger partial charge < -0.3 is 9.47 Å². The van der Waals surface area contributed by atoms with Gasteiger partial charge in [0.05, 0.1) is 6.20 Å². The summed E-state index contributed by atoms with van der Waals surface area (Å²) in [4.78, 5) is 15.7. The number of ether oxygens (including phenoxy) is 2. The molecule has 2 N–H and O–H groups in total. The van der Waals surface area contributed by atoms with E-state index in [9.17, 15) is 13.2 Å². The molecule has 1 aromatic heterocycles. The number of hydrogen-bond acceptors (Lipinski definition) is 7. The van der Waals surface area contributed by atoms with Crippen LogP contribution in [0, 0.1) is 0 Å². The summed E-state index contributed by atoms with van der Waals surface area (Å²) in [6, 6.07) is 18.9.